The molecule has 5 nitrogen and oxygen atoms in total. The number of hydrogen-bond donors (Lipinski definition) is 2. The zero-order chi connectivity index (χ0) is 21.1. The Morgan fingerprint density at radius 1 is 1.03 bits per heavy atom. The number of nitrogens with one attached hydrogen (secondary N) is 2. The Morgan fingerprint density at radius 3 is 2.21 bits per heavy atom. The fourth-order valence-corrected chi connectivity index (χ4v) is 3.62. The predicted octanol–water partition coefficient (Wildman–Crippen LogP) is 4.03. The summed E-state index contributed by atoms with van der Waals surface area (Å²) in [6, 6.07) is 3.58. The van der Waals surface area contributed by atoms with E-state index in [1.165, 1.54) is 0 Å². The molecule has 2 aromatic rings. The van der Waals surface area contributed by atoms with Crippen LogP contribution in [-0.4, -0.2) is 37.1 Å². The van der Waals surface area contributed by atoms with Gasteiger partial charge in [0.1, 0.15) is 5.82 Å². The smallest absolute Gasteiger partial charge is 0.251 e. The number of rotatable bonds is 5. The summed E-state index contributed by atoms with van der Waals surface area (Å²) in [4.78, 5) is 18.7. The summed E-state index contributed by atoms with van der Waals surface area (Å²) >= 11 is 0. The summed E-state index contributed by atoms with van der Waals surface area (Å²) in [5.41, 5.74) is 1.98. The van der Waals surface area contributed by atoms with Gasteiger partial charge in [-0.25, -0.2) is 18.2 Å². The molecular formula is C21H25F3N4O. The van der Waals surface area contributed by atoms with E-state index in [-0.39, 0.29) is 17.6 Å². The molecule has 1 amide bonds. The standard InChI is InChI=1S/C21H25F3N4O/c1-12-11-25-19(10-18(12)28(2)3)26-14-4-6-15(7-5-14)27-21(29)13-8-16(22)20(24)17(23)9-13/h8-11,14-15H,4-7H2,1-3H3,(H,25,26)(H,27,29). The van der Waals surface area contributed by atoms with Gasteiger partial charge < -0.3 is 15.5 Å². The number of benzene rings is 1. The van der Waals surface area contributed by atoms with Crippen LogP contribution in [-0.2, 0) is 0 Å². The summed E-state index contributed by atoms with van der Waals surface area (Å²) in [7, 11) is 3.97. The average molecular weight is 406 g/mol. The Balaban J connectivity index is 1.54. The van der Waals surface area contributed by atoms with Crippen LogP contribution < -0.4 is 15.5 Å². The summed E-state index contributed by atoms with van der Waals surface area (Å²) < 4.78 is 39.7. The van der Waals surface area contributed by atoms with Gasteiger partial charge in [0, 0.05) is 49.7 Å². The Kier molecular flexibility index (Phi) is 6.30. The number of nitrogens with zero attached hydrogens (tertiary/aromatic N) is 2. The molecule has 1 heterocycles. The van der Waals surface area contributed by atoms with Crippen molar-refractivity contribution in [2.24, 2.45) is 0 Å². The van der Waals surface area contributed by atoms with Crippen molar-refractivity contribution in [1.29, 1.82) is 0 Å². The molecule has 2 N–H and O–H groups in total. The molecule has 0 radical (unpaired) electrons. The van der Waals surface area contributed by atoms with Gasteiger partial charge in [-0.1, -0.05) is 0 Å². The van der Waals surface area contributed by atoms with Crippen molar-refractivity contribution < 1.29 is 18.0 Å². The van der Waals surface area contributed by atoms with Gasteiger partial charge in [-0.05, 0) is 50.3 Å². The second-order valence-corrected chi connectivity index (χ2v) is 7.67. The molecule has 1 aromatic carbocycles. The number of aromatic nitrogens is 1. The number of amides is 1. The lowest BCUT2D eigenvalue weighted by molar-refractivity contribution is 0.0925. The Bertz CT molecular complexity index is 872. The first-order valence-electron chi connectivity index (χ1n) is 9.60. The van der Waals surface area contributed by atoms with Gasteiger partial charge in [-0.2, -0.15) is 0 Å². The lowest BCUT2D eigenvalue weighted by Crippen LogP contribution is -2.40. The number of halogens is 3. The molecular weight excluding hydrogens is 381 g/mol. The molecule has 1 saturated carbocycles. The first-order valence-corrected chi connectivity index (χ1v) is 9.60. The predicted molar refractivity (Wildman–Crippen MR) is 107 cm³/mol. The van der Waals surface area contributed by atoms with Crippen molar-refractivity contribution in [1.82, 2.24) is 10.3 Å². The fraction of sp³-hybridized carbons (Fsp3) is 0.429. The van der Waals surface area contributed by atoms with Crippen molar-refractivity contribution in [2.75, 3.05) is 24.3 Å². The maximum absolute atomic E-state index is 13.3. The molecule has 0 saturated heterocycles. The van der Waals surface area contributed by atoms with Crippen LogP contribution in [0.25, 0.3) is 0 Å². The van der Waals surface area contributed by atoms with Gasteiger partial charge in [0.15, 0.2) is 17.5 Å². The average Bonchev–Trinajstić information content (AvgIpc) is 2.68. The van der Waals surface area contributed by atoms with E-state index >= 15 is 0 Å². The van der Waals surface area contributed by atoms with Crippen LogP contribution in [0.2, 0.25) is 0 Å². The zero-order valence-electron chi connectivity index (χ0n) is 16.7. The first kappa shape index (κ1) is 21.0. The molecule has 1 fully saturated rings. The van der Waals surface area contributed by atoms with Crippen molar-refractivity contribution in [3.63, 3.8) is 0 Å². The fourth-order valence-electron chi connectivity index (χ4n) is 3.62. The quantitative estimate of drug-likeness (QED) is 0.737. The number of aryl methyl sites for hydroxylation is 1. The lowest BCUT2D eigenvalue weighted by Gasteiger charge is -2.30. The Labute approximate surface area is 168 Å². The number of carbonyl (C=O) groups is 1. The van der Waals surface area contributed by atoms with Crippen LogP contribution in [0.5, 0.6) is 0 Å². The Hall–Kier alpha value is -2.77. The summed E-state index contributed by atoms with van der Waals surface area (Å²) in [5.74, 6) is -4.11. The van der Waals surface area contributed by atoms with Gasteiger partial charge in [0.05, 0.1) is 0 Å². The second kappa shape index (κ2) is 8.71. The molecule has 0 atom stereocenters. The molecule has 156 valence electrons. The van der Waals surface area contributed by atoms with E-state index in [9.17, 15) is 18.0 Å². The number of carbonyl (C=O) groups excluding carboxylic acids is 1. The highest BCUT2D eigenvalue weighted by atomic mass is 19.2. The maximum Gasteiger partial charge on any atom is 0.251 e. The second-order valence-electron chi connectivity index (χ2n) is 7.67. The molecule has 29 heavy (non-hydrogen) atoms. The molecule has 0 unspecified atom stereocenters. The first-order chi connectivity index (χ1) is 13.7. The third-order valence-electron chi connectivity index (χ3n) is 5.22. The van der Waals surface area contributed by atoms with Gasteiger partial charge >= 0.3 is 0 Å². The van der Waals surface area contributed by atoms with Crippen molar-refractivity contribution in [3.05, 3.63) is 53.0 Å². The highest BCUT2D eigenvalue weighted by Crippen LogP contribution is 2.25. The van der Waals surface area contributed by atoms with Crippen LogP contribution in [0.1, 0.15) is 41.6 Å². The largest absolute Gasteiger partial charge is 0.377 e. The number of anilines is 2. The van der Waals surface area contributed by atoms with Gasteiger partial charge in [0.25, 0.3) is 5.91 Å². The van der Waals surface area contributed by atoms with E-state index in [1.54, 1.807) is 0 Å². The lowest BCUT2D eigenvalue weighted by atomic mass is 9.91. The molecule has 0 bridgehead atoms. The molecule has 1 aliphatic carbocycles. The minimum Gasteiger partial charge on any atom is -0.377 e. The van der Waals surface area contributed by atoms with Crippen LogP contribution in [0.4, 0.5) is 24.7 Å². The van der Waals surface area contributed by atoms with Crippen LogP contribution in [0.15, 0.2) is 24.4 Å². The monoisotopic (exact) mass is 406 g/mol. The normalized spacial score (nSPS) is 19.0. The highest BCUT2D eigenvalue weighted by molar-refractivity contribution is 5.94. The third-order valence-corrected chi connectivity index (χ3v) is 5.22. The van der Waals surface area contributed by atoms with E-state index in [2.05, 4.69) is 15.6 Å². The minimum atomic E-state index is -1.57. The van der Waals surface area contributed by atoms with Gasteiger partial charge in [-0.3, -0.25) is 4.79 Å². The molecule has 0 aliphatic heterocycles. The number of pyridine rings is 1. The van der Waals surface area contributed by atoms with Crippen molar-refractivity contribution in [3.8, 4) is 0 Å². The third kappa shape index (κ3) is 4.99. The SMILES string of the molecule is Cc1cnc(NC2CCC(NC(=O)c3cc(F)c(F)c(F)c3)CC2)cc1N(C)C. The molecule has 8 heteroatoms. The zero-order valence-corrected chi connectivity index (χ0v) is 16.7. The van der Waals surface area contributed by atoms with Crippen molar-refractivity contribution >= 4 is 17.4 Å². The molecule has 1 aromatic heterocycles. The van der Waals surface area contributed by atoms with Crippen molar-refractivity contribution in [2.45, 2.75) is 44.7 Å². The molecule has 0 spiro atoms. The van der Waals surface area contributed by atoms with E-state index in [0.717, 1.165) is 42.8 Å². The van der Waals surface area contributed by atoms with Crippen LogP contribution in [0.3, 0.4) is 0 Å². The van der Waals surface area contributed by atoms with Crippen LogP contribution >= 0.6 is 0 Å². The van der Waals surface area contributed by atoms with E-state index in [0.29, 0.717) is 12.1 Å². The summed E-state index contributed by atoms with van der Waals surface area (Å²) in [6.45, 7) is 2.01. The summed E-state index contributed by atoms with van der Waals surface area (Å²) in [6.07, 6.45) is 4.93. The Morgan fingerprint density at radius 2 is 1.62 bits per heavy atom. The van der Waals surface area contributed by atoms with Crippen LogP contribution in [0, 0.1) is 24.4 Å². The van der Waals surface area contributed by atoms with E-state index < -0.39 is 23.4 Å². The van der Waals surface area contributed by atoms with Gasteiger partial charge in [0.2, 0.25) is 0 Å². The number of hydrogen-bond acceptors (Lipinski definition) is 4. The summed E-state index contributed by atoms with van der Waals surface area (Å²) in [5, 5.41) is 6.22. The molecule has 1 aliphatic rings. The topological polar surface area (TPSA) is 57.3 Å². The molecule has 3 rings (SSSR count). The van der Waals surface area contributed by atoms with Gasteiger partial charge in [-0.15, -0.1) is 0 Å². The highest BCUT2D eigenvalue weighted by Gasteiger charge is 2.24. The van der Waals surface area contributed by atoms with E-state index in [1.807, 2.05) is 38.2 Å². The van der Waals surface area contributed by atoms with E-state index in [4.69, 9.17) is 0 Å². The minimum absolute atomic E-state index is 0.0972. The maximum atomic E-state index is 13.3.